The number of imidazole rings is 1. The third kappa shape index (κ3) is 2.61. The van der Waals surface area contributed by atoms with E-state index in [1.165, 1.54) is 22.7 Å². The fourth-order valence-corrected chi connectivity index (χ4v) is 5.17. The van der Waals surface area contributed by atoms with Gasteiger partial charge in [-0.05, 0) is 52.4 Å². The lowest BCUT2D eigenvalue weighted by Crippen LogP contribution is -2.33. The average Bonchev–Trinajstić information content (AvgIpc) is 3.45. The number of aromatic nitrogens is 2. The molecule has 1 unspecified atom stereocenters. The molecule has 2 N–H and O–H groups in total. The molecule has 5 nitrogen and oxygen atoms in total. The quantitative estimate of drug-likeness (QED) is 0.370. The van der Waals surface area contributed by atoms with Crippen molar-refractivity contribution in [2.45, 2.75) is 12.2 Å². The van der Waals surface area contributed by atoms with Crippen molar-refractivity contribution < 1.29 is 22.4 Å². The van der Waals surface area contributed by atoms with E-state index in [2.05, 4.69) is 15.3 Å². The van der Waals surface area contributed by atoms with Crippen LogP contribution in [-0.2, 0) is 6.18 Å². The van der Waals surface area contributed by atoms with Gasteiger partial charge >= 0.3 is 12.2 Å². The fourth-order valence-electron chi connectivity index (χ4n) is 4.38. The Bertz CT molecular complexity index is 1390. The highest BCUT2D eigenvalue weighted by Gasteiger charge is 2.42. The van der Waals surface area contributed by atoms with Gasteiger partial charge in [-0.2, -0.15) is 13.2 Å². The Balaban J connectivity index is 1.60. The molecule has 0 saturated carbocycles. The molecule has 0 radical (unpaired) electrons. The summed E-state index contributed by atoms with van der Waals surface area (Å²) in [5.41, 5.74) is 4.12. The minimum atomic E-state index is -4.45. The van der Waals surface area contributed by atoms with E-state index in [4.69, 9.17) is 0 Å². The van der Waals surface area contributed by atoms with Gasteiger partial charge in [-0.15, -0.1) is 11.3 Å². The van der Waals surface area contributed by atoms with Gasteiger partial charge in [0.05, 0.1) is 29.1 Å². The zero-order chi connectivity index (χ0) is 21.5. The maximum absolute atomic E-state index is 15.4. The van der Waals surface area contributed by atoms with Crippen LogP contribution < -0.4 is 10.2 Å². The van der Waals surface area contributed by atoms with Gasteiger partial charge < -0.3 is 10.3 Å². The number of hydrogen-bond donors (Lipinski definition) is 2. The molecule has 0 aliphatic carbocycles. The molecule has 2 amide bonds. The van der Waals surface area contributed by atoms with E-state index in [1.54, 1.807) is 18.2 Å². The van der Waals surface area contributed by atoms with E-state index < -0.39 is 22.9 Å². The molecule has 0 spiro atoms. The fraction of sp³-hybridized carbons (Fsp3) is 0.143. The summed E-state index contributed by atoms with van der Waals surface area (Å²) in [6.07, 6.45) is -2.93. The molecule has 156 valence electrons. The highest BCUT2D eigenvalue weighted by atomic mass is 32.1. The summed E-state index contributed by atoms with van der Waals surface area (Å²) < 4.78 is 54.5. The standard InChI is InChI=1S/C21H12F4N4OS/c22-13-2-9(10-3-18(31-7-10)21(23,24)25)1-12-11-4-14-15(28-8-27-14)5-16(11)29-17(19(12)13)6-26-20(29)30/h1-5,7-8,17H,6H2,(H,26,30)(H,27,28). The number of carbonyl (C=O) groups is 1. The number of amides is 2. The lowest BCUT2D eigenvalue weighted by atomic mass is 9.86. The molecular weight excluding hydrogens is 432 g/mol. The number of thiophene rings is 1. The van der Waals surface area contributed by atoms with Crippen molar-refractivity contribution in [3.63, 3.8) is 0 Å². The largest absolute Gasteiger partial charge is 0.425 e. The third-order valence-corrected chi connectivity index (χ3v) is 6.71. The lowest BCUT2D eigenvalue weighted by Gasteiger charge is -2.33. The Labute approximate surface area is 176 Å². The molecule has 4 heterocycles. The number of carbonyl (C=O) groups excluding carboxylic acids is 1. The van der Waals surface area contributed by atoms with Gasteiger partial charge in [0, 0.05) is 17.7 Å². The van der Waals surface area contributed by atoms with Crippen LogP contribution in [0.4, 0.5) is 28.0 Å². The smallest absolute Gasteiger partial charge is 0.345 e. The zero-order valence-corrected chi connectivity index (χ0v) is 16.4. The van der Waals surface area contributed by atoms with Crippen LogP contribution in [0.25, 0.3) is 33.3 Å². The van der Waals surface area contributed by atoms with Gasteiger partial charge in [0.25, 0.3) is 0 Å². The molecule has 2 aliphatic rings. The monoisotopic (exact) mass is 444 g/mol. The van der Waals surface area contributed by atoms with Crippen molar-refractivity contribution in [3.8, 4) is 22.3 Å². The van der Waals surface area contributed by atoms with Crippen molar-refractivity contribution in [2.75, 3.05) is 11.4 Å². The van der Waals surface area contributed by atoms with Crippen LogP contribution >= 0.6 is 11.3 Å². The summed E-state index contributed by atoms with van der Waals surface area (Å²) in [6.45, 7) is 0.233. The molecule has 2 aliphatic heterocycles. The van der Waals surface area contributed by atoms with Crippen LogP contribution in [0.2, 0.25) is 0 Å². The second-order valence-electron chi connectivity index (χ2n) is 7.48. The van der Waals surface area contributed by atoms with E-state index in [0.717, 1.165) is 6.07 Å². The number of rotatable bonds is 1. The molecule has 1 fully saturated rings. The number of halogens is 4. The number of benzene rings is 2. The number of nitrogens with one attached hydrogen (secondary N) is 2. The van der Waals surface area contributed by atoms with E-state index >= 15 is 4.39 Å². The van der Waals surface area contributed by atoms with Crippen molar-refractivity contribution in [1.82, 2.24) is 15.3 Å². The molecule has 2 aromatic heterocycles. The molecule has 1 saturated heterocycles. The average molecular weight is 444 g/mol. The number of aromatic amines is 1. The number of H-pyrrole nitrogens is 1. The van der Waals surface area contributed by atoms with Crippen molar-refractivity contribution in [3.05, 3.63) is 58.3 Å². The maximum atomic E-state index is 15.4. The molecule has 10 heteroatoms. The molecular formula is C21H12F4N4OS. The van der Waals surface area contributed by atoms with E-state index in [-0.39, 0.29) is 12.6 Å². The first-order chi connectivity index (χ1) is 14.8. The van der Waals surface area contributed by atoms with Crippen LogP contribution in [0.3, 0.4) is 0 Å². The molecule has 4 aromatic rings. The van der Waals surface area contributed by atoms with E-state index in [1.807, 2.05) is 0 Å². The first kappa shape index (κ1) is 18.4. The Morgan fingerprint density at radius 1 is 1.10 bits per heavy atom. The molecule has 6 rings (SSSR count). The second-order valence-corrected chi connectivity index (χ2v) is 8.39. The predicted octanol–water partition coefficient (Wildman–Crippen LogP) is 5.70. The maximum Gasteiger partial charge on any atom is 0.425 e. The number of nitrogens with zero attached hydrogens (tertiary/aromatic N) is 2. The van der Waals surface area contributed by atoms with Crippen LogP contribution in [0, 0.1) is 5.82 Å². The van der Waals surface area contributed by atoms with Crippen LogP contribution in [0.5, 0.6) is 0 Å². The Kier molecular flexibility index (Phi) is 3.60. The number of anilines is 1. The highest BCUT2D eigenvalue weighted by Crippen LogP contribution is 2.49. The molecule has 1 atom stereocenters. The first-order valence-electron chi connectivity index (χ1n) is 9.35. The Morgan fingerprint density at radius 2 is 1.94 bits per heavy atom. The van der Waals surface area contributed by atoms with E-state index in [9.17, 15) is 18.0 Å². The summed E-state index contributed by atoms with van der Waals surface area (Å²) in [5, 5.41) is 4.12. The molecule has 0 bridgehead atoms. The molecule has 2 aromatic carbocycles. The summed E-state index contributed by atoms with van der Waals surface area (Å²) in [6, 6.07) is 6.64. The van der Waals surface area contributed by atoms with Crippen LogP contribution in [0.1, 0.15) is 16.5 Å². The second kappa shape index (κ2) is 6.07. The van der Waals surface area contributed by atoms with Gasteiger partial charge in [-0.3, -0.25) is 4.90 Å². The van der Waals surface area contributed by atoms with Crippen molar-refractivity contribution in [1.29, 1.82) is 0 Å². The topological polar surface area (TPSA) is 61.0 Å². The lowest BCUT2D eigenvalue weighted by molar-refractivity contribution is -0.134. The molecule has 31 heavy (non-hydrogen) atoms. The Hall–Kier alpha value is -3.40. The Morgan fingerprint density at radius 3 is 2.71 bits per heavy atom. The van der Waals surface area contributed by atoms with E-state index in [0.29, 0.717) is 55.9 Å². The summed E-state index contributed by atoms with van der Waals surface area (Å²) >= 11 is 0.575. The van der Waals surface area contributed by atoms with Crippen molar-refractivity contribution >= 4 is 34.1 Å². The van der Waals surface area contributed by atoms with Crippen molar-refractivity contribution in [2.24, 2.45) is 0 Å². The predicted molar refractivity (Wildman–Crippen MR) is 108 cm³/mol. The van der Waals surface area contributed by atoms with Crippen LogP contribution in [-0.4, -0.2) is 22.5 Å². The van der Waals surface area contributed by atoms with Gasteiger partial charge in [-0.1, -0.05) is 0 Å². The minimum Gasteiger partial charge on any atom is -0.345 e. The number of urea groups is 1. The minimum absolute atomic E-state index is 0.233. The van der Waals surface area contributed by atoms with Gasteiger partial charge in [-0.25, -0.2) is 14.2 Å². The van der Waals surface area contributed by atoms with Gasteiger partial charge in [0.15, 0.2) is 0 Å². The summed E-state index contributed by atoms with van der Waals surface area (Å²) in [4.78, 5) is 20.5. The highest BCUT2D eigenvalue weighted by molar-refractivity contribution is 7.10. The number of fused-ring (bicyclic) bond motifs is 7. The SMILES string of the molecule is O=C1NCC2c3c(F)cc(-c4csc(C(F)(F)F)c4)cc3-c3cc4[nH]cnc4cc3N12. The summed E-state index contributed by atoms with van der Waals surface area (Å²) in [7, 11) is 0. The number of hydrogen-bond acceptors (Lipinski definition) is 3. The van der Waals surface area contributed by atoms with Gasteiger partial charge in [0.2, 0.25) is 0 Å². The first-order valence-corrected chi connectivity index (χ1v) is 10.2. The van der Waals surface area contributed by atoms with Crippen LogP contribution in [0.15, 0.2) is 42.0 Å². The normalized spacial score (nSPS) is 17.5. The summed E-state index contributed by atoms with van der Waals surface area (Å²) in [5.74, 6) is -0.561. The third-order valence-electron chi connectivity index (χ3n) is 5.74. The van der Waals surface area contributed by atoms with Gasteiger partial charge in [0.1, 0.15) is 10.7 Å². The number of alkyl halides is 3. The zero-order valence-electron chi connectivity index (χ0n) is 15.5.